The molecule has 0 aromatic carbocycles. The van der Waals surface area contributed by atoms with E-state index in [2.05, 4.69) is 20.4 Å². The first kappa shape index (κ1) is 9.72. The van der Waals surface area contributed by atoms with Crippen LogP contribution in [0, 0.1) is 5.82 Å². The van der Waals surface area contributed by atoms with Crippen LogP contribution in [0.1, 0.15) is 5.82 Å². The van der Waals surface area contributed by atoms with Gasteiger partial charge in [0.1, 0.15) is 5.82 Å². The van der Waals surface area contributed by atoms with E-state index in [9.17, 15) is 4.39 Å². The summed E-state index contributed by atoms with van der Waals surface area (Å²) in [5.41, 5.74) is 0.477. The molecule has 15 heavy (non-hydrogen) atoms. The fourth-order valence-electron chi connectivity index (χ4n) is 1.13. The maximum Gasteiger partial charge on any atom is 0.259 e. The van der Waals surface area contributed by atoms with Gasteiger partial charge in [-0.25, -0.2) is 4.39 Å². The van der Waals surface area contributed by atoms with Gasteiger partial charge in [-0.05, 0) is 13.1 Å². The molecular formula is C9H9FN4O. The normalized spacial score (nSPS) is 10.5. The van der Waals surface area contributed by atoms with Crippen LogP contribution in [0.3, 0.4) is 0 Å². The molecule has 0 aliphatic rings. The zero-order valence-corrected chi connectivity index (χ0v) is 8.07. The van der Waals surface area contributed by atoms with Crippen molar-refractivity contribution < 1.29 is 8.91 Å². The largest absolute Gasteiger partial charge is 0.334 e. The number of hydrogen-bond acceptors (Lipinski definition) is 5. The second-order valence-corrected chi connectivity index (χ2v) is 2.94. The SMILES string of the molecule is CNCc1noc(-c2cncc(F)c2)n1. The van der Waals surface area contributed by atoms with Crippen LogP contribution >= 0.6 is 0 Å². The molecule has 1 N–H and O–H groups in total. The average molecular weight is 208 g/mol. The molecule has 0 amide bonds. The van der Waals surface area contributed by atoms with Crippen LogP contribution in [0.2, 0.25) is 0 Å². The summed E-state index contributed by atoms with van der Waals surface area (Å²) in [5, 5.41) is 6.60. The Morgan fingerprint density at radius 3 is 3.07 bits per heavy atom. The molecule has 6 heteroatoms. The first-order chi connectivity index (χ1) is 7.29. The Labute approximate surface area is 85.3 Å². The molecule has 2 aromatic rings. The molecule has 0 saturated carbocycles. The molecule has 0 saturated heterocycles. The van der Waals surface area contributed by atoms with E-state index in [1.807, 2.05) is 0 Å². The van der Waals surface area contributed by atoms with Crippen molar-refractivity contribution in [1.29, 1.82) is 0 Å². The van der Waals surface area contributed by atoms with Gasteiger partial charge < -0.3 is 9.84 Å². The summed E-state index contributed by atoms with van der Waals surface area (Å²) < 4.78 is 17.8. The number of hydrogen-bond donors (Lipinski definition) is 1. The van der Waals surface area contributed by atoms with Crippen LogP contribution in [0.25, 0.3) is 11.5 Å². The van der Waals surface area contributed by atoms with Crippen LogP contribution in [-0.4, -0.2) is 22.2 Å². The molecule has 2 heterocycles. The van der Waals surface area contributed by atoms with E-state index in [1.165, 1.54) is 12.3 Å². The van der Waals surface area contributed by atoms with E-state index >= 15 is 0 Å². The molecule has 0 bridgehead atoms. The van der Waals surface area contributed by atoms with E-state index in [4.69, 9.17) is 4.52 Å². The number of aromatic nitrogens is 3. The summed E-state index contributed by atoms with van der Waals surface area (Å²) in [7, 11) is 1.78. The minimum atomic E-state index is -0.430. The smallest absolute Gasteiger partial charge is 0.259 e. The van der Waals surface area contributed by atoms with Gasteiger partial charge in [-0.3, -0.25) is 4.98 Å². The zero-order chi connectivity index (χ0) is 10.7. The Hall–Kier alpha value is -1.82. The molecule has 0 radical (unpaired) electrons. The highest BCUT2D eigenvalue weighted by Gasteiger charge is 2.08. The van der Waals surface area contributed by atoms with Crippen LogP contribution in [-0.2, 0) is 6.54 Å². The Morgan fingerprint density at radius 1 is 1.47 bits per heavy atom. The zero-order valence-electron chi connectivity index (χ0n) is 8.07. The standard InChI is InChI=1S/C9H9FN4O/c1-11-5-8-13-9(15-14-8)6-2-7(10)4-12-3-6/h2-4,11H,5H2,1H3. The van der Waals surface area contributed by atoms with Crippen LogP contribution < -0.4 is 5.32 Å². The Morgan fingerprint density at radius 2 is 2.33 bits per heavy atom. The van der Waals surface area contributed by atoms with Gasteiger partial charge in [0, 0.05) is 6.20 Å². The predicted octanol–water partition coefficient (Wildman–Crippen LogP) is 0.990. The van der Waals surface area contributed by atoms with Crippen molar-refractivity contribution in [1.82, 2.24) is 20.4 Å². The molecule has 78 valence electrons. The Balaban J connectivity index is 2.29. The second kappa shape index (κ2) is 4.14. The third-order valence-corrected chi connectivity index (χ3v) is 1.75. The highest BCUT2D eigenvalue weighted by Crippen LogP contribution is 2.16. The van der Waals surface area contributed by atoms with Gasteiger partial charge in [0.2, 0.25) is 0 Å². The molecule has 2 aromatic heterocycles. The number of pyridine rings is 1. The quantitative estimate of drug-likeness (QED) is 0.814. The van der Waals surface area contributed by atoms with Crippen LogP contribution in [0.15, 0.2) is 23.0 Å². The average Bonchev–Trinajstić information content (AvgIpc) is 2.67. The number of nitrogens with one attached hydrogen (secondary N) is 1. The van der Waals surface area contributed by atoms with Crippen molar-refractivity contribution >= 4 is 0 Å². The molecule has 0 unspecified atom stereocenters. The third kappa shape index (κ3) is 2.16. The monoisotopic (exact) mass is 208 g/mol. The first-order valence-electron chi connectivity index (χ1n) is 4.37. The fraction of sp³-hybridized carbons (Fsp3) is 0.222. The van der Waals surface area contributed by atoms with Gasteiger partial charge in [-0.1, -0.05) is 5.16 Å². The molecule has 2 rings (SSSR count). The predicted molar refractivity (Wildman–Crippen MR) is 50.3 cm³/mol. The summed E-state index contributed by atoms with van der Waals surface area (Å²) in [4.78, 5) is 7.76. The van der Waals surface area contributed by atoms with Crippen molar-refractivity contribution in [2.45, 2.75) is 6.54 Å². The number of halogens is 1. The van der Waals surface area contributed by atoms with Crippen LogP contribution in [0.4, 0.5) is 4.39 Å². The topological polar surface area (TPSA) is 63.8 Å². The maximum absolute atomic E-state index is 12.8. The molecule has 0 fully saturated rings. The second-order valence-electron chi connectivity index (χ2n) is 2.94. The van der Waals surface area contributed by atoms with Crippen molar-refractivity contribution in [2.24, 2.45) is 0 Å². The lowest BCUT2D eigenvalue weighted by Gasteiger charge is -1.92. The molecule has 0 aliphatic carbocycles. The van der Waals surface area contributed by atoms with Gasteiger partial charge in [-0.15, -0.1) is 0 Å². The molecule has 0 aliphatic heterocycles. The lowest BCUT2D eigenvalue weighted by atomic mass is 10.3. The van der Waals surface area contributed by atoms with E-state index in [1.54, 1.807) is 7.05 Å². The van der Waals surface area contributed by atoms with Gasteiger partial charge >= 0.3 is 0 Å². The van der Waals surface area contributed by atoms with Gasteiger partial charge in [-0.2, -0.15) is 4.98 Å². The summed E-state index contributed by atoms with van der Waals surface area (Å²) in [6.45, 7) is 0.506. The molecular weight excluding hydrogens is 199 g/mol. The maximum atomic E-state index is 12.8. The lowest BCUT2D eigenvalue weighted by molar-refractivity contribution is 0.420. The molecule has 5 nitrogen and oxygen atoms in total. The summed E-state index contributed by atoms with van der Waals surface area (Å²) in [5.74, 6) is 0.366. The summed E-state index contributed by atoms with van der Waals surface area (Å²) in [6, 6.07) is 1.30. The van der Waals surface area contributed by atoms with E-state index in [0.717, 1.165) is 6.20 Å². The lowest BCUT2D eigenvalue weighted by Crippen LogP contribution is -2.06. The van der Waals surface area contributed by atoms with Crippen molar-refractivity contribution in [3.63, 3.8) is 0 Å². The van der Waals surface area contributed by atoms with Gasteiger partial charge in [0.25, 0.3) is 5.89 Å². The molecule has 0 spiro atoms. The van der Waals surface area contributed by atoms with Crippen molar-refractivity contribution in [3.05, 3.63) is 30.1 Å². The Kier molecular flexibility index (Phi) is 2.68. The van der Waals surface area contributed by atoms with E-state index < -0.39 is 5.82 Å². The van der Waals surface area contributed by atoms with Crippen LogP contribution in [0.5, 0.6) is 0 Å². The first-order valence-corrected chi connectivity index (χ1v) is 4.37. The van der Waals surface area contributed by atoms with Crippen molar-refractivity contribution in [3.8, 4) is 11.5 Å². The minimum Gasteiger partial charge on any atom is -0.334 e. The highest BCUT2D eigenvalue weighted by atomic mass is 19.1. The number of nitrogens with zero attached hydrogens (tertiary/aromatic N) is 3. The van der Waals surface area contributed by atoms with E-state index in [-0.39, 0.29) is 5.89 Å². The highest BCUT2D eigenvalue weighted by molar-refractivity contribution is 5.50. The summed E-state index contributed by atoms with van der Waals surface area (Å²) >= 11 is 0. The molecule has 0 atom stereocenters. The number of rotatable bonds is 3. The Bertz CT molecular complexity index is 457. The minimum absolute atomic E-state index is 0.271. The third-order valence-electron chi connectivity index (χ3n) is 1.75. The fourth-order valence-corrected chi connectivity index (χ4v) is 1.13. The summed E-state index contributed by atoms with van der Waals surface area (Å²) in [6.07, 6.45) is 2.59. The van der Waals surface area contributed by atoms with Gasteiger partial charge in [0.05, 0.1) is 18.3 Å². The van der Waals surface area contributed by atoms with Gasteiger partial charge in [0.15, 0.2) is 5.82 Å². The van der Waals surface area contributed by atoms with E-state index in [0.29, 0.717) is 17.9 Å². The van der Waals surface area contributed by atoms with Crippen molar-refractivity contribution in [2.75, 3.05) is 7.05 Å².